The lowest BCUT2D eigenvalue weighted by atomic mass is 10.2. The molecule has 0 spiro atoms. The van der Waals surface area contributed by atoms with Crippen LogP contribution in [-0.2, 0) is 12.8 Å². The predicted molar refractivity (Wildman–Crippen MR) is 121 cm³/mol. The molecule has 154 valence electrons. The van der Waals surface area contributed by atoms with Crippen LogP contribution in [0.3, 0.4) is 0 Å². The van der Waals surface area contributed by atoms with Crippen LogP contribution in [0.15, 0.2) is 35.3 Å². The number of aromatic nitrogens is 3. The molecule has 0 bridgehead atoms. The molecule has 7 nitrogen and oxygen atoms in total. The highest BCUT2D eigenvalue weighted by Gasteiger charge is 2.22. The van der Waals surface area contributed by atoms with Crippen molar-refractivity contribution in [2.75, 3.05) is 44.2 Å². The summed E-state index contributed by atoms with van der Waals surface area (Å²) in [5.74, 6) is 1.95. The quantitative estimate of drug-likeness (QED) is 0.482. The lowest BCUT2D eigenvalue weighted by Crippen LogP contribution is -2.52. The number of hydrogen-bond acceptors (Lipinski definition) is 5. The topological polar surface area (TPSA) is 72.4 Å². The molecule has 1 aliphatic heterocycles. The molecule has 2 aromatic heterocycles. The number of para-hydroxylation sites is 1. The van der Waals surface area contributed by atoms with Gasteiger partial charge in [0, 0.05) is 74.9 Å². The monoisotopic (exact) mass is 411 g/mol. The summed E-state index contributed by atoms with van der Waals surface area (Å²) in [6, 6.07) is 10.6. The Labute approximate surface area is 176 Å². The summed E-state index contributed by atoms with van der Waals surface area (Å²) in [6.45, 7) is 9.65. The molecule has 1 fully saturated rings. The SMILES string of the molecule is CCNC(=NCCc1cc2ccccc2[nH]1)N1CCN(c2nc(CC)ns2)CC1. The van der Waals surface area contributed by atoms with Gasteiger partial charge in [-0.2, -0.15) is 4.37 Å². The summed E-state index contributed by atoms with van der Waals surface area (Å²) in [5.41, 5.74) is 2.43. The van der Waals surface area contributed by atoms with Gasteiger partial charge in [-0.1, -0.05) is 25.1 Å². The largest absolute Gasteiger partial charge is 0.358 e. The molecule has 0 saturated carbocycles. The Bertz CT molecular complexity index is 920. The van der Waals surface area contributed by atoms with Gasteiger partial charge in [-0.05, 0) is 24.4 Å². The zero-order valence-electron chi connectivity index (χ0n) is 17.2. The van der Waals surface area contributed by atoms with E-state index in [1.54, 1.807) is 0 Å². The van der Waals surface area contributed by atoms with Crippen LogP contribution >= 0.6 is 11.5 Å². The molecular formula is C21H29N7S. The first-order valence-electron chi connectivity index (χ1n) is 10.4. The first kappa shape index (κ1) is 19.7. The lowest BCUT2D eigenvalue weighted by Gasteiger charge is -2.36. The first-order chi connectivity index (χ1) is 14.3. The molecule has 0 aliphatic carbocycles. The number of anilines is 1. The molecule has 4 rings (SSSR count). The van der Waals surface area contributed by atoms with E-state index in [4.69, 9.17) is 4.99 Å². The molecule has 0 atom stereocenters. The van der Waals surface area contributed by atoms with E-state index in [2.05, 4.69) is 73.6 Å². The first-order valence-corrected chi connectivity index (χ1v) is 11.2. The van der Waals surface area contributed by atoms with Crippen molar-refractivity contribution in [3.05, 3.63) is 41.9 Å². The molecule has 29 heavy (non-hydrogen) atoms. The fourth-order valence-corrected chi connectivity index (χ4v) is 4.40. The third-order valence-corrected chi connectivity index (χ3v) is 6.00. The Morgan fingerprint density at radius 3 is 2.76 bits per heavy atom. The molecule has 3 heterocycles. The van der Waals surface area contributed by atoms with Gasteiger partial charge >= 0.3 is 0 Å². The van der Waals surface area contributed by atoms with Crippen LogP contribution < -0.4 is 10.2 Å². The minimum Gasteiger partial charge on any atom is -0.358 e. The van der Waals surface area contributed by atoms with Crippen LogP contribution in [0.1, 0.15) is 25.4 Å². The number of guanidine groups is 1. The molecule has 1 aromatic carbocycles. The van der Waals surface area contributed by atoms with Crippen LogP contribution in [-0.4, -0.2) is 64.5 Å². The van der Waals surface area contributed by atoms with E-state index in [1.165, 1.54) is 28.1 Å². The summed E-state index contributed by atoms with van der Waals surface area (Å²) in [5, 5.41) is 5.76. The van der Waals surface area contributed by atoms with Crippen molar-refractivity contribution in [2.24, 2.45) is 4.99 Å². The fraction of sp³-hybridized carbons (Fsp3) is 0.476. The fourth-order valence-electron chi connectivity index (χ4n) is 3.60. The second kappa shape index (κ2) is 9.26. The standard InChI is InChI=1S/C21H29N7S/c1-3-19-25-21(29-26-19)28-13-11-27(12-14-28)20(22-4-2)23-10-9-17-15-16-7-5-6-8-18(16)24-17/h5-8,15,24H,3-4,9-14H2,1-2H3,(H,22,23). The average molecular weight is 412 g/mol. The molecule has 0 amide bonds. The molecule has 8 heteroatoms. The van der Waals surface area contributed by atoms with Crippen molar-refractivity contribution >= 4 is 33.5 Å². The van der Waals surface area contributed by atoms with Crippen LogP contribution in [0, 0.1) is 0 Å². The number of nitrogens with zero attached hydrogens (tertiary/aromatic N) is 5. The number of H-pyrrole nitrogens is 1. The number of aliphatic imine (C=N–C) groups is 1. The van der Waals surface area contributed by atoms with E-state index in [1.807, 2.05) is 0 Å². The summed E-state index contributed by atoms with van der Waals surface area (Å²) >= 11 is 1.51. The van der Waals surface area contributed by atoms with Gasteiger partial charge in [0.15, 0.2) is 5.96 Å². The van der Waals surface area contributed by atoms with Gasteiger partial charge in [0.2, 0.25) is 5.13 Å². The van der Waals surface area contributed by atoms with E-state index in [-0.39, 0.29) is 0 Å². The van der Waals surface area contributed by atoms with Crippen molar-refractivity contribution in [1.29, 1.82) is 0 Å². The van der Waals surface area contributed by atoms with E-state index in [0.29, 0.717) is 0 Å². The van der Waals surface area contributed by atoms with Gasteiger partial charge in [0.05, 0.1) is 0 Å². The number of hydrogen-bond donors (Lipinski definition) is 2. The summed E-state index contributed by atoms with van der Waals surface area (Å²) in [6.07, 6.45) is 1.80. The third kappa shape index (κ3) is 4.70. The Balaban J connectivity index is 1.34. The molecule has 3 aromatic rings. The van der Waals surface area contributed by atoms with Crippen LogP contribution in [0.5, 0.6) is 0 Å². The van der Waals surface area contributed by atoms with E-state index in [9.17, 15) is 0 Å². The van der Waals surface area contributed by atoms with Crippen molar-refractivity contribution < 1.29 is 0 Å². The van der Waals surface area contributed by atoms with Gasteiger partial charge in [-0.3, -0.25) is 4.99 Å². The van der Waals surface area contributed by atoms with Gasteiger partial charge in [0.1, 0.15) is 5.82 Å². The van der Waals surface area contributed by atoms with E-state index >= 15 is 0 Å². The normalized spacial score (nSPS) is 15.3. The summed E-state index contributed by atoms with van der Waals surface area (Å²) < 4.78 is 4.41. The highest BCUT2D eigenvalue weighted by molar-refractivity contribution is 7.09. The summed E-state index contributed by atoms with van der Waals surface area (Å²) in [4.78, 5) is 17.7. The van der Waals surface area contributed by atoms with Crippen LogP contribution in [0.25, 0.3) is 10.9 Å². The predicted octanol–water partition coefficient (Wildman–Crippen LogP) is 2.91. The molecule has 0 unspecified atom stereocenters. The highest BCUT2D eigenvalue weighted by Crippen LogP contribution is 2.19. The minimum absolute atomic E-state index is 0.769. The maximum Gasteiger partial charge on any atom is 0.205 e. The second-order valence-electron chi connectivity index (χ2n) is 7.19. The van der Waals surface area contributed by atoms with E-state index < -0.39 is 0 Å². The Kier molecular flexibility index (Phi) is 6.29. The van der Waals surface area contributed by atoms with Gasteiger partial charge in [-0.15, -0.1) is 0 Å². The second-order valence-corrected chi connectivity index (χ2v) is 7.92. The maximum atomic E-state index is 4.89. The smallest absolute Gasteiger partial charge is 0.205 e. The van der Waals surface area contributed by atoms with E-state index in [0.717, 1.165) is 69.0 Å². The maximum absolute atomic E-state index is 4.89. The lowest BCUT2D eigenvalue weighted by molar-refractivity contribution is 0.372. The van der Waals surface area contributed by atoms with Crippen molar-refractivity contribution in [1.82, 2.24) is 24.6 Å². The number of aromatic amines is 1. The van der Waals surface area contributed by atoms with Crippen LogP contribution in [0.4, 0.5) is 5.13 Å². The number of aryl methyl sites for hydroxylation is 1. The minimum atomic E-state index is 0.769. The molecule has 1 saturated heterocycles. The Morgan fingerprint density at radius 2 is 2.03 bits per heavy atom. The molecular weight excluding hydrogens is 382 g/mol. The highest BCUT2D eigenvalue weighted by atomic mass is 32.1. The molecule has 0 radical (unpaired) electrons. The number of benzene rings is 1. The summed E-state index contributed by atoms with van der Waals surface area (Å²) in [7, 11) is 0. The number of rotatable bonds is 6. The molecule has 1 aliphatic rings. The van der Waals surface area contributed by atoms with Crippen molar-refractivity contribution in [3.8, 4) is 0 Å². The molecule has 2 N–H and O–H groups in total. The zero-order valence-corrected chi connectivity index (χ0v) is 18.0. The van der Waals surface area contributed by atoms with Crippen molar-refractivity contribution in [3.63, 3.8) is 0 Å². The Hall–Kier alpha value is -2.61. The number of nitrogens with one attached hydrogen (secondary N) is 2. The Morgan fingerprint density at radius 1 is 1.21 bits per heavy atom. The van der Waals surface area contributed by atoms with Gasteiger partial charge in [-0.25, -0.2) is 4.98 Å². The van der Waals surface area contributed by atoms with Crippen LogP contribution in [0.2, 0.25) is 0 Å². The zero-order chi connectivity index (χ0) is 20.1. The number of piperazine rings is 1. The number of fused-ring (bicyclic) bond motifs is 1. The van der Waals surface area contributed by atoms with Gasteiger partial charge < -0.3 is 20.1 Å². The third-order valence-electron chi connectivity index (χ3n) is 5.19. The van der Waals surface area contributed by atoms with Crippen molar-refractivity contribution in [2.45, 2.75) is 26.7 Å². The average Bonchev–Trinajstić information content (AvgIpc) is 3.40. The van der Waals surface area contributed by atoms with Gasteiger partial charge in [0.25, 0.3) is 0 Å².